The lowest BCUT2D eigenvalue weighted by Crippen LogP contribution is -2.60. The molecule has 0 aromatic heterocycles. The predicted molar refractivity (Wildman–Crippen MR) is 263 cm³/mol. The van der Waals surface area contributed by atoms with E-state index in [4.69, 9.17) is 9.47 Å². The zero-order chi connectivity index (χ0) is 45.9. The van der Waals surface area contributed by atoms with Crippen molar-refractivity contribution in [2.45, 2.75) is 275 Å². The molecule has 9 heteroatoms. The fraction of sp³-hybridized carbons (Fsp3) is 0.833. The summed E-state index contributed by atoms with van der Waals surface area (Å²) >= 11 is 0. The van der Waals surface area contributed by atoms with E-state index >= 15 is 0 Å². The molecule has 1 heterocycles. The largest absolute Gasteiger partial charge is 0.394 e. The third-order valence-corrected chi connectivity index (χ3v) is 12.4. The first-order valence-corrected chi connectivity index (χ1v) is 26.4. The molecule has 7 unspecified atom stereocenters. The standard InChI is InChI=1S/C54H99NO8/c1-3-5-7-9-11-13-15-17-19-21-23-24-26-27-29-31-33-35-37-39-41-43-48(57)47(46-62-54-53(61)52(60)51(59)49(45-56)63-54)55-50(58)44-42-40-38-36-34-32-30-28-25-22-20-18-16-14-12-10-8-6-4-2/h22,25-27,33,35,41,43,47-49,51-54,56-57,59-61H,3-21,23-24,28-32,34,36-40,42,44-46H2,1-2H3,(H,55,58)/b25-22-,27-26+,35-33+,43-41+. The summed E-state index contributed by atoms with van der Waals surface area (Å²) in [7, 11) is 0. The molecule has 0 saturated carbocycles. The van der Waals surface area contributed by atoms with Crippen LogP contribution < -0.4 is 5.32 Å². The lowest BCUT2D eigenvalue weighted by atomic mass is 9.99. The minimum Gasteiger partial charge on any atom is -0.394 e. The van der Waals surface area contributed by atoms with Crippen molar-refractivity contribution in [3.05, 3.63) is 48.6 Å². The van der Waals surface area contributed by atoms with Crippen LogP contribution in [-0.4, -0.2) is 87.5 Å². The fourth-order valence-electron chi connectivity index (χ4n) is 8.12. The first-order chi connectivity index (χ1) is 30.8. The molecule has 1 amide bonds. The maximum absolute atomic E-state index is 13.0. The molecule has 1 aliphatic heterocycles. The summed E-state index contributed by atoms with van der Waals surface area (Å²) in [6, 6.07) is -0.831. The summed E-state index contributed by atoms with van der Waals surface area (Å²) in [5.41, 5.74) is 0. The highest BCUT2D eigenvalue weighted by Gasteiger charge is 2.44. The van der Waals surface area contributed by atoms with Gasteiger partial charge in [-0.2, -0.15) is 0 Å². The first kappa shape index (κ1) is 59.2. The van der Waals surface area contributed by atoms with Gasteiger partial charge in [-0.1, -0.05) is 204 Å². The number of rotatable bonds is 44. The summed E-state index contributed by atoms with van der Waals surface area (Å²) in [5.74, 6) is -0.195. The Morgan fingerprint density at radius 1 is 0.524 bits per heavy atom. The Bertz CT molecular complexity index is 1130. The number of hydrogen-bond donors (Lipinski definition) is 6. The zero-order valence-corrected chi connectivity index (χ0v) is 40.6. The average molecular weight is 890 g/mol. The monoisotopic (exact) mass is 890 g/mol. The first-order valence-electron chi connectivity index (χ1n) is 26.4. The van der Waals surface area contributed by atoms with Gasteiger partial charge in [-0.15, -0.1) is 0 Å². The molecular weight excluding hydrogens is 791 g/mol. The predicted octanol–water partition coefficient (Wildman–Crippen LogP) is 12.2. The molecule has 0 aromatic carbocycles. The molecule has 0 aromatic rings. The van der Waals surface area contributed by atoms with Crippen molar-refractivity contribution >= 4 is 5.91 Å². The van der Waals surface area contributed by atoms with E-state index in [0.29, 0.717) is 6.42 Å². The molecular formula is C54H99NO8. The highest BCUT2D eigenvalue weighted by molar-refractivity contribution is 5.76. The number of aliphatic hydroxyl groups excluding tert-OH is 5. The van der Waals surface area contributed by atoms with E-state index in [1.807, 2.05) is 6.08 Å². The number of carbonyl (C=O) groups is 1. The molecule has 63 heavy (non-hydrogen) atoms. The van der Waals surface area contributed by atoms with Crippen molar-refractivity contribution in [3.8, 4) is 0 Å². The number of aliphatic hydroxyl groups is 5. The topological polar surface area (TPSA) is 149 Å². The molecule has 0 spiro atoms. The van der Waals surface area contributed by atoms with Gasteiger partial charge in [0.1, 0.15) is 24.4 Å². The lowest BCUT2D eigenvalue weighted by molar-refractivity contribution is -0.302. The molecule has 9 nitrogen and oxygen atoms in total. The van der Waals surface area contributed by atoms with E-state index in [9.17, 15) is 30.3 Å². The van der Waals surface area contributed by atoms with Crippen molar-refractivity contribution < 1.29 is 39.8 Å². The van der Waals surface area contributed by atoms with Crippen LogP contribution in [0.1, 0.15) is 232 Å². The van der Waals surface area contributed by atoms with E-state index in [0.717, 1.165) is 57.8 Å². The molecule has 6 N–H and O–H groups in total. The molecule has 1 aliphatic rings. The SMILES string of the molecule is CCCCCCCCCC/C=C\CCCCCCCCCC(=O)NC(COC1OC(CO)C(O)C(O)C1O)C(O)/C=C/CC/C=C/CC/C=C/CCCCCCCCCCCCC. The second kappa shape index (κ2) is 44.0. The number of allylic oxidation sites excluding steroid dienone is 7. The van der Waals surface area contributed by atoms with Gasteiger partial charge in [0, 0.05) is 6.42 Å². The van der Waals surface area contributed by atoms with Crippen LogP contribution in [0.25, 0.3) is 0 Å². The lowest BCUT2D eigenvalue weighted by Gasteiger charge is -2.40. The Morgan fingerprint density at radius 3 is 1.33 bits per heavy atom. The van der Waals surface area contributed by atoms with Crippen molar-refractivity contribution in [1.29, 1.82) is 0 Å². The second-order valence-electron chi connectivity index (χ2n) is 18.3. The fourth-order valence-corrected chi connectivity index (χ4v) is 8.12. The number of ether oxygens (including phenoxy) is 2. The Morgan fingerprint density at radius 2 is 0.905 bits per heavy atom. The van der Waals surface area contributed by atoms with E-state index < -0.39 is 49.5 Å². The van der Waals surface area contributed by atoms with E-state index in [1.165, 1.54) is 154 Å². The molecule has 0 bridgehead atoms. The molecule has 0 aliphatic carbocycles. The number of amides is 1. The van der Waals surface area contributed by atoms with E-state index in [2.05, 4.69) is 55.6 Å². The summed E-state index contributed by atoms with van der Waals surface area (Å²) in [6.45, 7) is 3.76. The maximum Gasteiger partial charge on any atom is 0.220 e. The Balaban J connectivity index is 2.33. The smallest absolute Gasteiger partial charge is 0.220 e. The second-order valence-corrected chi connectivity index (χ2v) is 18.3. The molecule has 1 rings (SSSR count). The van der Waals surface area contributed by atoms with Crippen LogP contribution in [0.2, 0.25) is 0 Å². The molecule has 1 fully saturated rings. The van der Waals surface area contributed by atoms with E-state index in [1.54, 1.807) is 6.08 Å². The summed E-state index contributed by atoms with van der Waals surface area (Å²) in [4.78, 5) is 13.0. The molecule has 0 radical (unpaired) electrons. The summed E-state index contributed by atoms with van der Waals surface area (Å²) < 4.78 is 11.2. The van der Waals surface area contributed by atoms with E-state index in [-0.39, 0.29) is 12.5 Å². The van der Waals surface area contributed by atoms with Crippen LogP contribution >= 0.6 is 0 Å². The van der Waals surface area contributed by atoms with Gasteiger partial charge in [-0.3, -0.25) is 4.79 Å². The van der Waals surface area contributed by atoms with Crippen molar-refractivity contribution in [2.24, 2.45) is 0 Å². The van der Waals surface area contributed by atoms with Gasteiger partial charge in [0.05, 0.1) is 25.4 Å². The third-order valence-electron chi connectivity index (χ3n) is 12.4. The van der Waals surface area contributed by atoms with Crippen LogP contribution in [0.4, 0.5) is 0 Å². The van der Waals surface area contributed by atoms with Gasteiger partial charge >= 0.3 is 0 Å². The molecule has 368 valence electrons. The van der Waals surface area contributed by atoms with Gasteiger partial charge in [0.2, 0.25) is 5.91 Å². The number of carbonyl (C=O) groups excluding carboxylic acids is 1. The van der Waals surface area contributed by atoms with Gasteiger partial charge in [0.25, 0.3) is 0 Å². The van der Waals surface area contributed by atoms with Crippen LogP contribution in [-0.2, 0) is 14.3 Å². The minimum atomic E-state index is -1.58. The van der Waals surface area contributed by atoms with Crippen LogP contribution in [0, 0.1) is 0 Å². The molecule has 7 atom stereocenters. The van der Waals surface area contributed by atoms with Crippen LogP contribution in [0.15, 0.2) is 48.6 Å². The summed E-state index contributed by atoms with van der Waals surface area (Å²) in [6.07, 6.45) is 50.2. The number of hydrogen-bond acceptors (Lipinski definition) is 8. The highest BCUT2D eigenvalue weighted by atomic mass is 16.7. The normalized spacial score (nSPS) is 20.5. The quantitative estimate of drug-likeness (QED) is 0.0262. The minimum absolute atomic E-state index is 0.195. The maximum atomic E-state index is 13.0. The van der Waals surface area contributed by atoms with Crippen LogP contribution in [0.3, 0.4) is 0 Å². The third kappa shape index (κ3) is 34.2. The zero-order valence-electron chi connectivity index (χ0n) is 40.6. The van der Waals surface area contributed by atoms with Crippen molar-refractivity contribution in [3.63, 3.8) is 0 Å². The van der Waals surface area contributed by atoms with Crippen molar-refractivity contribution in [2.75, 3.05) is 13.2 Å². The average Bonchev–Trinajstić information content (AvgIpc) is 3.28. The van der Waals surface area contributed by atoms with Gasteiger partial charge in [-0.25, -0.2) is 0 Å². The number of nitrogens with one attached hydrogen (secondary N) is 1. The van der Waals surface area contributed by atoms with Gasteiger partial charge < -0.3 is 40.3 Å². The Labute approximate surface area is 386 Å². The van der Waals surface area contributed by atoms with Gasteiger partial charge in [-0.05, 0) is 70.6 Å². The Kier molecular flexibility index (Phi) is 41.3. The van der Waals surface area contributed by atoms with Crippen molar-refractivity contribution in [1.82, 2.24) is 5.32 Å². The Hall–Kier alpha value is -1.85. The summed E-state index contributed by atoms with van der Waals surface area (Å²) in [5, 5.41) is 54.3. The highest BCUT2D eigenvalue weighted by Crippen LogP contribution is 2.23. The number of unbranched alkanes of at least 4 members (excludes halogenated alkanes) is 28. The molecule has 1 saturated heterocycles. The van der Waals surface area contributed by atoms with Crippen LogP contribution in [0.5, 0.6) is 0 Å². The van der Waals surface area contributed by atoms with Gasteiger partial charge in [0.15, 0.2) is 6.29 Å².